The lowest BCUT2D eigenvalue weighted by atomic mass is 10.0. The molecule has 202 valence electrons. The van der Waals surface area contributed by atoms with E-state index in [-0.39, 0.29) is 18.4 Å². The normalized spacial score (nSPS) is 11.7. The zero-order chi connectivity index (χ0) is 27.5. The maximum atomic E-state index is 13.7. The number of nitrogens with one attached hydrogen (secondary N) is 1. The Labute approximate surface area is 235 Å². The van der Waals surface area contributed by atoms with Gasteiger partial charge in [-0.3, -0.25) is 9.59 Å². The third-order valence-corrected chi connectivity index (χ3v) is 7.17. The molecular weight excluding hydrogens is 540 g/mol. The molecule has 0 bridgehead atoms. The number of ether oxygens (including phenoxy) is 1. The zero-order valence-corrected chi connectivity index (χ0v) is 24.5. The number of amides is 2. The summed E-state index contributed by atoms with van der Waals surface area (Å²) >= 11 is 3.58. The predicted octanol–water partition coefficient (Wildman–Crippen LogP) is 6.82. The van der Waals surface area contributed by atoms with E-state index in [2.05, 4.69) is 42.0 Å². The molecule has 3 aromatic rings. The molecular formula is C32H39BrN2O3. The average Bonchev–Trinajstić information content (AvgIpc) is 2.91. The van der Waals surface area contributed by atoms with Crippen molar-refractivity contribution in [3.05, 3.63) is 99.5 Å². The van der Waals surface area contributed by atoms with E-state index in [4.69, 9.17) is 4.74 Å². The molecule has 0 aliphatic rings. The minimum absolute atomic E-state index is 0.148. The quantitative estimate of drug-likeness (QED) is 0.226. The topological polar surface area (TPSA) is 58.6 Å². The lowest BCUT2D eigenvalue weighted by Gasteiger charge is -2.31. The molecule has 0 fully saturated rings. The van der Waals surface area contributed by atoms with Gasteiger partial charge in [-0.1, -0.05) is 93.4 Å². The minimum atomic E-state index is -0.668. The number of hydrogen-bond donors (Lipinski definition) is 1. The SMILES string of the molecule is CCCCNC(=O)[C@@H](Cc1ccccc1)N(Cc1ccc(C)cc1)C(=O)COc1ccc(C(C)C)cc1Br. The van der Waals surface area contributed by atoms with Crippen molar-refractivity contribution in [2.24, 2.45) is 0 Å². The van der Waals surface area contributed by atoms with Crippen molar-refractivity contribution in [3.8, 4) is 5.75 Å². The van der Waals surface area contributed by atoms with Crippen LogP contribution in [0.3, 0.4) is 0 Å². The molecule has 0 saturated heterocycles. The van der Waals surface area contributed by atoms with Crippen LogP contribution in [0.2, 0.25) is 0 Å². The Morgan fingerprint density at radius 1 is 0.974 bits per heavy atom. The van der Waals surface area contributed by atoms with Gasteiger partial charge in [-0.05, 0) is 64.0 Å². The maximum absolute atomic E-state index is 13.7. The van der Waals surface area contributed by atoms with Gasteiger partial charge in [0.05, 0.1) is 4.47 Å². The van der Waals surface area contributed by atoms with Crippen LogP contribution in [0.15, 0.2) is 77.3 Å². The lowest BCUT2D eigenvalue weighted by Crippen LogP contribution is -2.51. The number of unbranched alkanes of at least 4 members (excludes halogenated alkanes) is 1. The highest BCUT2D eigenvalue weighted by molar-refractivity contribution is 9.10. The summed E-state index contributed by atoms with van der Waals surface area (Å²) in [7, 11) is 0. The molecule has 38 heavy (non-hydrogen) atoms. The van der Waals surface area contributed by atoms with Crippen molar-refractivity contribution >= 4 is 27.7 Å². The second-order valence-electron chi connectivity index (χ2n) is 9.99. The predicted molar refractivity (Wildman–Crippen MR) is 157 cm³/mol. The van der Waals surface area contributed by atoms with Crippen LogP contribution in [-0.4, -0.2) is 35.9 Å². The first-order chi connectivity index (χ1) is 18.3. The third kappa shape index (κ3) is 8.73. The molecule has 3 rings (SSSR count). The van der Waals surface area contributed by atoms with E-state index in [9.17, 15) is 9.59 Å². The number of hydrogen-bond acceptors (Lipinski definition) is 3. The Bertz CT molecular complexity index is 1180. The molecule has 0 aliphatic heterocycles. The maximum Gasteiger partial charge on any atom is 0.261 e. The molecule has 0 unspecified atom stereocenters. The molecule has 1 N–H and O–H groups in total. The van der Waals surface area contributed by atoms with Crippen molar-refractivity contribution < 1.29 is 14.3 Å². The first kappa shape index (κ1) is 29.4. The fourth-order valence-corrected chi connectivity index (χ4v) is 4.68. The van der Waals surface area contributed by atoms with E-state index in [0.29, 0.717) is 31.2 Å². The van der Waals surface area contributed by atoms with Gasteiger partial charge in [0.1, 0.15) is 11.8 Å². The Balaban J connectivity index is 1.88. The zero-order valence-electron chi connectivity index (χ0n) is 22.9. The van der Waals surface area contributed by atoms with E-state index in [1.54, 1.807) is 4.90 Å². The molecule has 3 aromatic carbocycles. The molecule has 0 heterocycles. The van der Waals surface area contributed by atoms with Crippen LogP contribution in [-0.2, 0) is 22.6 Å². The second-order valence-corrected chi connectivity index (χ2v) is 10.8. The molecule has 5 nitrogen and oxygen atoms in total. The third-order valence-electron chi connectivity index (χ3n) is 6.55. The van der Waals surface area contributed by atoms with Gasteiger partial charge in [-0.25, -0.2) is 0 Å². The average molecular weight is 580 g/mol. The Morgan fingerprint density at radius 3 is 2.32 bits per heavy atom. The van der Waals surface area contributed by atoms with Gasteiger partial charge in [0, 0.05) is 19.5 Å². The van der Waals surface area contributed by atoms with Crippen molar-refractivity contribution in [1.29, 1.82) is 0 Å². The summed E-state index contributed by atoms with van der Waals surface area (Å²) in [5.74, 6) is 0.601. The summed E-state index contributed by atoms with van der Waals surface area (Å²) in [5.41, 5.74) is 4.29. The smallest absolute Gasteiger partial charge is 0.261 e. The van der Waals surface area contributed by atoms with E-state index in [0.717, 1.165) is 34.0 Å². The van der Waals surface area contributed by atoms with Gasteiger partial charge in [-0.15, -0.1) is 0 Å². The molecule has 2 amide bonds. The van der Waals surface area contributed by atoms with Gasteiger partial charge >= 0.3 is 0 Å². The summed E-state index contributed by atoms with van der Waals surface area (Å²) in [6, 6.07) is 23.1. The van der Waals surface area contributed by atoms with E-state index >= 15 is 0 Å². The highest BCUT2D eigenvalue weighted by atomic mass is 79.9. The molecule has 0 radical (unpaired) electrons. The number of benzene rings is 3. The lowest BCUT2D eigenvalue weighted by molar-refractivity contribution is -0.142. The monoisotopic (exact) mass is 578 g/mol. The van der Waals surface area contributed by atoms with Gasteiger partial charge in [0.2, 0.25) is 5.91 Å². The largest absolute Gasteiger partial charge is 0.483 e. The first-order valence-electron chi connectivity index (χ1n) is 13.4. The van der Waals surface area contributed by atoms with Gasteiger partial charge < -0.3 is 15.0 Å². The number of halogens is 1. The van der Waals surface area contributed by atoms with E-state index in [1.165, 1.54) is 5.56 Å². The number of nitrogens with zero attached hydrogens (tertiary/aromatic N) is 1. The van der Waals surface area contributed by atoms with E-state index in [1.807, 2.05) is 79.7 Å². The van der Waals surface area contributed by atoms with Crippen LogP contribution in [0.25, 0.3) is 0 Å². The Kier molecular flexibility index (Phi) is 11.4. The number of aryl methyl sites for hydroxylation is 1. The summed E-state index contributed by atoms with van der Waals surface area (Å²) in [6.45, 7) is 9.11. The van der Waals surface area contributed by atoms with Crippen molar-refractivity contribution in [2.75, 3.05) is 13.2 Å². The first-order valence-corrected chi connectivity index (χ1v) is 14.2. The highest BCUT2D eigenvalue weighted by Gasteiger charge is 2.30. The van der Waals surface area contributed by atoms with Crippen molar-refractivity contribution in [3.63, 3.8) is 0 Å². The molecule has 0 spiro atoms. The van der Waals surface area contributed by atoms with Crippen LogP contribution in [0.4, 0.5) is 0 Å². The summed E-state index contributed by atoms with van der Waals surface area (Å²) in [6.07, 6.45) is 2.29. The fourth-order valence-electron chi connectivity index (χ4n) is 4.17. The molecule has 0 aliphatic carbocycles. The van der Waals surface area contributed by atoms with Gasteiger partial charge in [-0.2, -0.15) is 0 Å². The molecule has 6 heteroatoms. The highest BCUT2D eigenvalue weighted by Crippen LogP contribution is 2.29. The molecule has 1 atom stereocenters. The minimum Gasteiger partial charge on any atom is -0.483 e. The van der Waals surface area contributed by atoms with Crippen LogP contribution in [0, 0.1) is 6.92 Å². The van der Waals surface area contributed by atoms with Crippen molar-refractivity contribution in [2.45, 2.75) is 65.5 Å². The fraction of sp³-hybridized carbons (Fsp3) is 0.375. The molecule has 0 saturated carbocycles. The van der Waals surface area contributed by atoms with Gasteiger partial charge in [0.15, 0.2) is 6.61 Å². The number of carbonyl (C=O) groups excluding carboxylic acids is 2. The van der Waals surface area contributed by atoms with Gasteiger partial charge in [0.25, 0.3) is 5.91 Å². The summed E-state index contributed by atoms with van der Waals surface area (Å²) in [5, 5.41) is 3.05. The second kappa shape index (κ2) is 14.7. The Morgan fingerprint density at radius 2 is 1.68 bits per heavy atom. The van der Waals surface area contributed by atoms with Crippen LogP contribution in [0.1, 0.15) is 61.8 Å². The van der Waals surface area contributed by atoms with Crippen LogP contribution >= 0.6 is 15.9 Å². The summed E-state index contributed by atoms with van der Waals surface area (Å²) in [4.78, 5) is 28.9. The van der Waals surface area contributed by atoms with E-state index < -0.39 is 6.04 Å². The summed E-state index contributed by atoms with van der Waals surface area (Å²) < 4.78 is 6.79. The molecule has 0 aromatic heterocycles. The van der Waals surface area contributed by atoms with Crippen molar-refractivity contribution in [1.82, 2.24) is 10.2 Å². The Hall–Kier alpha value is -3.12. The van der Waals surface area contributed by atoms with Crippen LogP contribution in [0.5, 0.6) is 5.75 Å². The number of rotatable bonds is 13. The standard InChI is InChI=1S/C32H39BrN2O3/c1-5-6-18-34-32(37)29(19-25-10-8-7-9-11-25)35(21-26-14-12-24(4)13-15-26)31(36)22-38-30-17-16-27(23(2)3)20-28(30)33/h7-17,20,23,29H,5-6,18-19,21-22H2,1-4H3,(H,34,37)/t29-/m1/s1. The van der Waals surface area contributed by atoms with Crippen LogP contribution < -0.4 is 10.1 Å². The number of carbonyl (C=O) groups is 2.